The minimum absolute atomic E-state index is 0.181. The molecule has 0 aliphatic carbocycles. The Labute approximate surface area is 143 Å². The zero-order chi connectivity index (χ0) is 17.4. The SMILES string of the molecule is CCc1c(Cc2ccnn2-c2ncccc2F)ncn2nc(C)nc12. The number of fused-ring (bicyclic) bond motifs is 1. The fraction of sp³-hybridized carbons (Fsp3) is 0.235. The van der Waals surface area contributed by atoms with E-state index in [0.29, 0.717) is 12.2 Å². The molecule has 0 radical (unpaired) electrons. The van der Waals surface area contributed by atoms with Gasteiger partial charge in [0.25, 0.3) is 0 Å². The molecule has 8 heteroatoms. The van der Waals surface area contributed by atoms with E-state index in [9.17, 15) is 4.39 Å². The molecule has 0 amide bonds. The molecule has 126 valence electrons. The summed E-state index contributed by atoms with van der Waals surface area (Å²) in [4.78, 5) is 13.1. The average Bonchev–Trinajstić information content (AvgIpc) is 3.21. The van der Waals surface area contributed by atoms with Crippen LogP contribution in [-0.2, 0) is 12.8 Å². The summed E-state index contributed by atoms with van der Waals surface area (Å²) in [6, 6.07) is 4.77. The van der Waals surface area contributed by atoms with Gasteiger partial charge < -0.3 is 0 Å². The molecule has 7 nitrogen and oxygen atoms in total. The second-order valence-electron chi connectivity index (χ2n) is 5.67. The van der Waals surface area contributed by atoms with Gasteiger partial charge in [0.1, 0.15) is 12.2 Å². The van der Waals surface area contributed by atoms with Crippen LogP contribution in [0.5, 0.6) is 0 Å². The van der Waals surface area contributed by atoms with Gasteiger partial charge in [-0.25, -0.2) is 28.5 Å². The van der Waals surface area contributed by atoms with Crippen LogP contribution in [0.4, 0.5) is 4.39 Å². The second kappa shape index (κ2) is 6.04. The van der Waals surface area contributed by atoms with Crippen molar-refractivity contribution in [2.75, 3.05) is 0 Å². The van der Waals surface area contributed by atoms with Crippen LogP contribution in [0.1, 0.15) is 29.7 Å². The van der Waals surface area contributed by atoms with Crippen molar-refractivity contribution in [1.82, 2.24) is 34.3 Å². The highest BCUT2D eigenvalue weighted by Gasteiger charge is 2.16. The molecule has 0 N–H and O–H groups in total. The molecule has 4 rings (SSSR count). The largest absolute Gasteiger partial charge is 0.240 e. The van der Waals surface area contributed by atoms with E-state index >= 15 is 0 Å². The fourth-order valence-corrected chi connectivity index (χ4v) is 2.92. The monoisotopic (exact) mass is 337 g/mol. The molecule has 0 saturated heterocycles. The van der Waals surface area contributed by atoms with Crippen molar-refractivity contribution < 1.29 is 4.39 Å². The van der Waals surface area contributed by atoms with Crippen molar-refractivity contribution >= 4 is 5.65 Å². The van der Waals surface area contributed by atoms with Crippen LogP contribution in [0.15, 0.2) is 36.9 Å². The maximum Gasteiger partial charge on any atom is 0.189 e. The van der Waals surface area contributed by atoms with Crippen LogP contribution >= 0.6 is 0 Å². The highest BCUT2D eigenvalue weighted by Crippen LogP contribution is 2.19. The van der Waals surface area contributed by atoms with Gasteiger partial charge in [-0.1, -0.05) is 6.92 Å². The summed E-state index contributed by atoms with van der Waals surface area (Å²) < 4.78 is 17.3. The lowest BCUT2D eigenvalue weighted by Crippen LogP contribution is -2.10. The minimum Gasteiger partial charge on any atom is -0.240 e. The first-order valence-electron chi connectivity index (χ1n) is 8.01. The number of halogens is 1. The molecule has 25 heavy (non-hydrogen) atoms. The molecule has 4 aromatic rings. The first-order chi connectivity index (χ1) is 12.2. The first kappa shape index (κ1) is 15.4. The molecule has 0 bridgehead atoms. The van der Waals surface area contributed by atoms with Gasteiger partial charge in [-0.05, 0) is 31.5 Å². The van der Waals surface area contributed by atoms with Crippen LogP contribution in [-0.4, -0.2) is 34.3 Å². The van der Waals surface area contributed by atoms with Crippen LogP contribution in [0.2, 0.25) is 0 Å². The number of nitrogens with zero attached hydrogens (tertiary/aromatic N) is 7. The van der Waals surface area contributed by atoms with E-state index < -0.39 is 5.82 Å². The molecule has 0 spiro atoms. The average molecular weight is 337 g/mol. The molecule has 0 aliphatic heterocycles. The summed E-state index contributed by atoms with van der Waals surface area (Å²) in [7, 11) is 0. The van der Waals surface area contributed by atoms with Crippen molar-refractivity contribution in [3.05, 3.63) is 65.5 Å². The number of hydrogen-bond acceptors (Lipinski definition) is 5. The van der Waals surface area contributed by atoms with E-state index in [1.54, 1.807) is 29.3 Å². The standard InChI is InChI=1S/C17H16FN7/c1-3-13-15(20-10-24-16(13)22-11(2)23-24)9-12-6-8-21-25(12)17-14(18)5-4-7-19-17/h4-8,10H,3,9H2,1-2H3. The van der Waals surface area contributed by atoms with Gasteiger partial charge >= 0.3 is 0 Å². The third-order valence-electron chi connectivity index (χ3n) is 4.04. The van der Waals surface area contributed by atoms with Gasteiger partial charge in [-0.2, -0.15) is 10.2 Å². The zero-order valence-electron chi connectivity index (χ0n) is 13.9. The lowest BCUT2D eigenvalue weighted by molar-refractivity contribution is 0.596. The molecule has 0 saturated carbocycles. The van der Waals surface area contributed by atoms with Crippen LogP contribution < -0.4 is 0 Å². The van der Waals surface area contributed by atoms with Crippen LogP contribution in [0, 0.1) is 12.7 Å². The van der Waals surface area contributed by atoms with E-state index in [-0.39, 0.29) is 5.82 Å². The van der Waals surface area contributed by atoms with Gasteiger partial charge in [-0.3, -0.25) is 0 Å². The molecule has 0 fully saturated rings. The number of aryl methyl sites for hydroxylation is 2. The Hall–Kier alpha value is -3.16. The van der Waals surface area contributed by atoms with Crippen LogP contribution in [0.3, 0.4) is 0 Å². The summed E-state index contributed by atoms with van der Waals surface area (Å²) in [5.41, 5.74) is 3.51. The molecule has 0 aliphatic rings. The number of pyridine rings is 1. The Bertz CT molecular complexity index is 1050. The first-order valence-corrected chi connectivity index (χ1v) is 8.01. The number of aromatic nitrogens is 7. The number of rotatable bonds is 4. The maximum absolute atomic E-state index is 14.1. The van der Waals surface area contributed by atoms with Crippen LogP contribution in [0.25, 0.3) is 11.5 Å². The molecule has 0 atom stereocenters. The lowest BCUT2D eigenvalue weighted by atomic mass is 10.1. The van der Waals surface area contributed by atoms with E-state index in [1.807, 2.05) is 13.0 Å². The Morgan fingerprint density at radius 3 is 2.84 bits per heavy atom. The van der Waals surface area contributed by atoms with Crippen molar-refractivity contribution in [2.45, 2.75) is 26.7 Å². The molecule has 4 aromatic heterocycles. The van der Waals surface area contributed by atoms with E-state index in [1.165, 1.54) is 10.7 Å². The van der Waals surface area contributed by atoms with Crippen molar-refractivity contribution in [2.24, 2.45) is 0 Å². The quantitative estimate of drug-likeness (QED) is 0.571. The minimum atomic E-state index is -0.417. The topological polar surface area (TPSA) is 73.8 Å². The van der Waals surface area contributed by atoms with Gasteiger partial charge in [0.15, 0.2) is 17.3 Å². The Balaban J connectivity index is 1.78. The molecular weight excluding hydrogens is 321 g/mol. The zero-order valence-corrected chi connectivity index (χ0v) is 13.9. The summed E-state index contributed by atoms with van der Waals surface area (Å²) >= 11 is 0. The summed E-state index contributed by atoms with van der Waals surface area (Å²) in [5, 5.41) is 8.52. The van der Waals surface area contributed by atoms with E-state index in [4.69, 9.17) is 0 Å². The summed E-state index contributed by atoms with van der Waals surface area (Å²) in [6.45, 7) is 3.91. The highest BCUT2D eigenvalue weighted by atomic mass is 19.1. The normalized spacial score (nSPS) is 11.3. The summed E-state index contributed by atoms with van der Waals surface area (Å²) in [5.74, 6) is 0.467. The third kappa shape index (κ3) is 2.65. The van der Waals surface area contributed by atoms with E-state index in [0.717, 1.165) is 29.0 Å². The van der Waals surface area contributed by atoms with Gasteiger partial charge in [0, 0.05) is 24.4 Å². The Morgan fingerprint density at radius 1 is 1.16 bits per heavy atom. The summed E-state index contributed by atoms with van der Waals surface area (Å²) in [6.07, 6.45) is 6.11. The second-order valence-corrected chi connectivity index (χ2v) is 5.67. The predicted molar refractivity (Wildman–Crippen MR) is 89.0 cm³/mol. The molecule has 0 unspecified atom stereocenters. The van der Waals surface area contributed by atoms with Crippen molar-refractivity contribution in [3.63, 3.8) is 0 Å². The Kier molecular flexibility index (Phi) is 3.72. The highest BCUT2D eigenvalue weighted by molar-refractivity contribution is 5.50. The van der Waals surface area contributed by atoms with Crippen molar-refractivity contribution in [1.29, 1.82) is 0 Å². The smallest absolute Gasteiger partial charge is 0.189 e. The Morgan fingerprint density at radius 2 is 2.04 bits per heavy atom. The molecular formula is C17H16FN7. The van der Waals surface area contributed by atoms with Gasteiger partial charge in [0.2, 0.25) is 0 Å². The van der Waals surface area contributed by atoms with E-state index in [2.05, 4.69) is 32.1 Å². The maximum atomic E-state index is 14.1. The molecule has 0 aromatic carbocycles. The lowest BCUT2D eigenvalue weighted by Gasteiger charge is -2.10. The van der Waals surface area contributed by atoms with Crippen molar-refractivity contribution in [3.8, 4) is 5.82 Å². The fourth-order valence-electron chi connectivity index (χ4n) is 2.92. The predicted octanol–water partition coefficient (Wildman–Crippen LogP) is 2.31. The van der Waals surface area contributed by atoms with Gasteiger partial charge in [-0.15, -0.1) is 0 Å². The van der Waals surface area contributed by atoms with Gasteiger partial charge in [0.05, 0.1) is 11.4 Å². The number of hydrogen-bond donors (Lipinski definition) is 0. The third-order valence-corrected chi connectivity index (χ3v) is 4.04. The molecule has 4 heterocycles.